The summed E-state index contributed by atoms with van der Waals surface area (Å²) in [5, 5.41) is 5.04. The van der Waals surface area contributed by atoms with Crippen LogP contribution in [0.1, 0.15) is 49.9 Å². The standard InChI is InChI=1S/C21H26N2O2/c1-3-19-11-8-15(2)23(19)20(24)12-13-22-21(25)18-10-9-16-6-4-5-7-17(16)14-18/h4-7,9-10,14-15,19H,3,8,11-13H2,1-2H3,(H,22,25)/t15-,19-/m0/s1. The van der Waals surface area contributed by atoms with Crippen molar-refractivity contribution in [3.8, 4) is 0 Å². The maximum absolute atomic E-state index is 12.5. The smallest absolute Gasteiger partial charge is 0.251 e. The molecule has 1 N–H and O–H groups in total. The van der Waals surface area contributed by atoms with Gasteiger partial charge in [-0.3, -0.25) is 9.59 Å². The third-order valence-electron chi connectivity index (χ3n) is 5.18. The summed E-state index contributed by atoms with van der Waals surface area (Å²) < 4.78 is 0. The van der Waals surface area contributed by atoms with Crippen LogP contribution in [-0.4, -0.2) is 35.3 Å². The number of hydrogen-bond donors (Lipinski definition) is 1. The zero-order valence-electron chi connectivity index (χ0n) is 15.0. The molecule has 1 aliphatic heterocycles. The van der Waals surface area contributed by atoms with Crippen LogP contribution >= 0.6 is 0 Å². The molecule has 0 unspecified atom stereocenters. The van der Waals surface area contributed by atoms with Crippen LogP contribution in [0.3, 0.4) is 0 Å². The summed E-state index contributed by atoms with van der Waals surface area (Å²) in [5.74, 6) is 0.0238. The summed E-state index contributed by atoms with van der Waals surface area (Å²) in [6, 6.07) is 14.3. The minimum absolute atomic E-state index is 0.125. The molecule has 0 saturated carbocycles. The van der Waals surface area contributed by atoms with E-state index in [0.29, 0.717) is 30.6 Å². The van der Waals surface area contributed by atoms with Gasteiger partial charge in [0, 0.05) is 30.6 Å². The Balaban J connectivity index is 1.55. The fraction of sp³-hybridized carbons (Fsp3) is 0.429. The maximum Gasteiger partial charge on any atom is 0.251 e. The third kappa shape index (κ3) is 3.84. The number of nitrogens with zero attached hydrogens (tertiary/aromatic N) is 1. The lowest BCUT2D eigenvalue weighted by Crippen LogP contribution is -2.41. The first-order chi connectivity index (χ1) is 12.1. The molecule has 0 bridgehead atoms. The first-order valence-corrected chi connectivity index (χ1v) is 9.18. The number of rotatable bonds is 5. The molecule has 1 aliphatic rings. The van der Waals surface area contributed by atoms with E-state index in [9.17, 15) is 9.59 Å². The number of amides is 2. The van der Waals surface area contributed by atoms with E-state index in [0.717, 1.165) is 30.0 Å². The molecule has 2 aromatic rings. The van der Waals surface area contributed by atoms with Gasteiger partial charge in [-0.1, -0.05) is 37.3 Å². The molecule has 4 heteroatoms. The summed E-state index contributed by atoms with van der Waals surface area (Å²) >= 11 is 0. The number of nitrogens with one attached hydrogen (secondary N) is 1. The quantitative estimate of drug-likeness (QED) is 0.902. The van der Waals surface area contributed by atoms with Crippen molar-refractivity contribution < 1.29 is 9.59 Å². The van der Waals surface area contributed by atoms with E-state index in [2.05, 4.69) is 19.2 Å². The largest absolute Gasteiger partial charge is 0.352 e. The van der Waals surface area contributed by atoms with Gasteiger partial charge in [0.15, 0.2) is 0 Å². The number of carbonyl (C=O) groups is 2. The Hall–Kier alpha value is -2.36. The van der Waals surface area contributed by atoms with Crippen LogP contribution in [0.2, 0.25) is 0 Å². The Labute approximate surface area is 149 Å². The van der Waals surface area contributed by atoms with E-state index in [4.69, 9.17) is 0 Å². The molecular formula is C21H26N2O2. The topological polar surface area (TPSA) is 49.4 Å². The van der Waals surface area contributed by atoms with Crippen molar-refractivity contribution in [3.63, 3.8) is 0 Å². The number of fused-ring (bicyclic) bond motifs is 1. The average Bonchev–Trinajstić information content (AvgIpc) is 3.01. The summed E-state index contributed by atoms with van der Waals surface area (Å²) in [4.78, 5) is 26.8. The summed E-state index contributed by atoms with van der Waals surface area (Å²) in [5.41, 5.74) is 0.632. The van der Waals surface area contributed by atoms with Gasteiger partial charge in [0.05, 0.1) is 0 Å². The van der Waals surface area contributed by atoms with E-state index < -0.39 is 0 Å². The first kappa shape index (κ1) is 17.5. The lowest BCUT2D eigenvalue weighted by Gasteiger charge is -2.28. The molecule has 3 rings (SSSR count). The maximum atomic E-state index is 12.5. The highest BCUT2D eigenvalue weighted by atomic mass is 16.2. The molecule has 132 valence electrons. The predicted octanol–water partition coefficient (Wildman–Crippen LogP) is 3.75. The molecule has 0 radical (unpaired) electrons. The van der Waals surface area contributed by atoms with Gasteiger partial charge < -0.3 is 10.2 Å². The first-order valence-electron chi connectivity index (χ1n) is 9.18. The number of likely N-dealkylation sites (tertiary alicyclic amines) is 1. The normalized spacial score (nSPS) is 20.0. The van der Waals surface area contributed by atoms with Gasteiger partial charge >= 0.3 is 0 Å². The SMILES string of the molecule is CC[C@H]1CC[C@H](C)N1C(=O)CCNC(=O)c1ccc2ccccc2c1. The Kier molecular flexibility index (Phi) is 5.37. The molecule has 2 aromatic carbocycles. The van der Waals surface area contributed by atoms with Gasteiger partial charge in [-0.2, -0.15) is 0 Å². The molecule has 1 saturated heterocycles. The number of carbonyl (C=O) groups excluding carboxylic acids is 2. The minimum atomic E-state index is -0.125. The van der Waals surface area contributed by atoms with Crippen LogP contribution in [0, 0.1) is 0 Å². The van der Waals surface area contributed by atoms with Gasteiger partial charge in [0.2, 0.25) is 5.91 Å². The zero-order chi connectivity index (χ0) is 17.8. The fourth-order valence-electron chi connectivity index (χ4n) is 3.77. The molecule has 2 atom stereocenters. The second kappa shape index (κ2) is 7.68. The Bertz CT molecular complexity index is 771. The fourth-order valence-corrected chi connectivity index (χ4v) is 3.77. The summed E-state index contributed by atoms with van der Waals surface area (Å²) in [6.07, 6.45) is 3.53. The third-order valence-corrected chi connectivity index (χ3v) is 5.18. The van der Waals surface area contributed by atoms with Crippen molar-refractivity contribution in [2.24, 2.45) is 0 Å². The predicted molar refractivity (Wildman–Crippen MR) is 101 cm³/mol. The zero-order valence-corrected chi connectivity index (χ0v) is 15.0. The van der Waals surface area contributed by atoms with Crippen molar-refractivity contribution in [1.82, 2.24) is 10.2 Å². The Morgan fingerprint density at radius 3 is 2.64 bits per heavy atom. The van der Waals surface area contributed by atoms with Crippen LogP contribution in [0.25, 0.3) is 10.8 Å². The number of hydrogen-bond acceptors (Lipinski definition) is 2. The van der Waals surface area contributed by atoms with E-state index in [1.165, 1.54) is 0 Å². The molecule has 1 fully saturated rings. The molecule has 2 amide bonds. The van der Waals surface area contributed by atoms with Crippen LogP contribution in [-0.2, 0) is 4.79 Å². The van der Waals surface area contributed by atoms with E-state index >= 15 is 0 Å². The van der Waals surface area contributed by atoms with Gasteiger partial charge in [-0.15, -0.1) is 0 Å². The minimum Gasteiger partial charge on any atom is -0.352 e. The highest BCUT2D eigenvalue weighted by molar-refractivity contribution is 5.98. The molecule has 25 heavy (non-hydrogen) atoms. The second-order valence-corrected chi connectivity index (χ2v) is 6.86. The molecule has 0 aliphatic carbocycles. The van der Waals surface area contributed by atoms with E-state index in [-0.39, 0.29) is 11.8 Å². The lowest BCUT2D eigenvalue weighted by atomic mass is 10.1. The van der Waals surface area contributed by atoms with Crippen LogP contribution < -0.4 is 5.32 Å². The number of benzene rings is 2. The molecular weight excluding hydrogens is 312 g/mol. The lowest BCUT2D eigenvalue weighted by molar-refractivity contribution is -0.133. The molecule has 1 heterocycles. The van der Waals surface area contributed by atoms with Crippen LogP contribution in [0.4, 0.5) is 0 Å². The van der Waals surface area contributed by atoms with E-state index in [1.807, 2.05) is 47.4 Å². The molecule has 4 nitrogen and oxygen atoms in total. The molecule has 0 aromatic heterocycles. The Morgan fingerprint density at radius 1 is 1.12 bits per heavy atom. The van der Waals surface area contributed by atoms with Gasteiger partial charge in [-0.05, 0) is 49.1 Å². The summed E-state index contributed by atoms with van der Waals surface area (Å²) in [7, 11) is 0. The van der Waals surface area contributed by atoms with Gasteiger partial charge in [-0.25, -0.2) is 0 Å². The average molecular weight is 338 g/mol. The van der Waals surface area contributed by atoms with E-state index in [1.54, 1.807) is 0 Å². The van der Waals surface area contributed by atoms with Crippen molar-refractivity contribution in [2.45, 2.75) is 51.6 Å². The monoisotopic (exact) mass is 338 g/mol. The summed E-state index contributed by atoms with van der Waals surface area (Å²) in [6.45, 7) is 4.62. The highest BCUT2D eigenvalue weighted by Crippen LogP contribution is 2.26. The van der Waals surface area contributed by atoms with Crippen molar-refractivity contribution in [2.75, 3.05) is 6.54 Å². The van der Waals surface area contributed by atoms with Gasteiger partial charge in [0.1, 0.15) is 0 Å². The van der Waals surface area contributed by atoms with Gasteiger partial charge in [0.25, 0.3) is 5.91 Å². The van der Waals surface area contributed by atoms with Crippen LogP contribution in [0.15, 0.2) is 42.5 Å². The molecule has 0 spiro atoms. The van der Waals surface area contributed by atoms with Crippen molar-refractivity contribution >= 4 is 22.6 Å². The van der Waals surface area contributed by atoms with Crippen molar-refractivity contribution in [1.29, 1.82) is 0 Å². The van der Waals surface area contributed by atoms with Crippen LogP contribution in [0.5, 0.6) is 0 Å². The second-order valence-electron chi connectivity index (χ2n) is 6.86. The highest BCUT2D eigenvalue weighted by Gasteiger charge is 2.32. The van der Waals surface area contributed by atoms with Crippen molar-refractivity contribution in [3.05, 3.63) is 48.0 Å². The Morgan fingerprint density at radius 2 is 1.88 bits per heavy atom.